The van der Waals surface area contributed by atoms with Gasteiger partial charge in [-0.25, -0.2) is 19.5 Å². The molecule has 0 saturated heterocycles. The van der Waals surface area contributed by atoms with Crippen molar-refractivity contribution >= 4 is 39.6 Å². The van der Waals surface area contributed by atoms with Gasteiger partial charge in [0, 0.05) is 17.1 Å². The summed E-state index contributed by atoms with van der Waals surface area (Å²) in [5.41, 5.74) is 1.46. The Morgan fingerprint density at radius 1 is 1.12 bits per heavy atom. The molecule has 2 aromatic heterocycles. The quantitative estimate of drug-likeness (QED) is 0.394. The smallest absolute Gasteiger partial charge is 0.432 e. The van der Waals surface area contributed by atoms with E-state index in [1.807, 2.05) is 51.1 Å². The molecule has 1 N–H and O–H groups in total. The number of hydrogen-bond acceptors (Lipinski definition) is 7. The number of amides is 1. The highest BCUT2D eigenvalue weighted by atomic mass is 32.1. The van der Waals surface area contributed by atoms with Crippen molar-refractivity contribution in [1.29, 1.82) is 0 Å². The summed E-state index contributed by atoms with van der Waals surface area (Å²) in [7, 11) is 1.60. The molecule has 34 heavy (non-hydrogen) atoms. The molecule has 0 aliphatic carbocycles. The number of fused-ring (bicyclic) bond motifs is 1. The Kier molecular flexibility index (Phi) is 6.25. The molecule has 9 nitrogen and oxygen atoms in total. The number of benzene rings is 2. The van der Waals surface area contributed by atoms with Crippen molar-refractivity contribution in [1.82, 2.24) is 14.8 Å². The van der Waals surface area contributed by atoms with E-state index in [-0.39, 0.29) is 6.54 Å². The fourth-order valence-electron chi connectivity index (χ4n) is 3.37. The van der Waals surface area contributed by atoms with Gasteiger partial charge in [0.25, 0.3) is 0 Å². The highest BCUT2D eigenvalue weighted by Crippen LogP contribution is 2.36. The predicted octanol–water partition coefficient (Wildman–Crippen LogP) is 5.64. The van der Waals surface area contributed by atoms with Crippen LogP contribution in [0, 0.1) is 0 Å². The van der Waals surface area contributed by atoms with Crippen molar-refractivity contribution in [3.8, 4) is 16.2 Å². The van der Waals surface area contributed by atoms with E-state index in [0.29, 0.717) is 16.0 Å². The first kappa shape index (κ1) is 23.2. The molecule has 0 aliphatic rings. The van der Waals surface area contributed by atoms with Crippen LogP contribution < -0.4 is 9.64 Å². The lowest BCUT2D eigenvalue weighted by Crippen LogP contribution is -2.36. The van der Waals surface area contributed by atoms with Crippen LogP contribution in [-0.4, -0.2) is 44.8 Å². The van der Waals surface area contributed by atoms with Crippen LogP contribution in [0.25, 0.3) is 21.3 Å². The summed E-state index contributed by atoms with van der Waals surface area (Å²) in [5, 5.41) is 14.5. The standard InChI is InChI=1S/C24H24N4O5S/c1-24(2,3)33-23(31)27(14-15-8-10-16(32-4)11-9-15)21-25-13-20(34-21)17-6-5-7-19-18(17)12-26-28(19)22(29)30/h5-13H,14H2,1-4H3,(H,29,30). The maximum absolute atomic E-state index is 13.1. The summed E-state index contributed by atoms with van der Waals surface area (Å²) in [6, 6.07) is 12.7. The first-order valence-electron chi connectivity index (χ1n) is 10.5. The Morgan fingerprint density at radius 3 is 2.50 bits per heavy atom. The lowest BCUT2D eigenvalue weighted by molar-refractivity contribution is 0.0577. The van der Waals surface area contributed by atoms with E-state index in [2.05, 4.69) is 10.1 Å². The lowest BCUT2D eigenvalue weighted by Gasteiger charge is -2.26. The summed E-state index contributed by atoms with van der Waals surface area (Å²) in [6.07, 6.45) is 1.51. The molecular weight excluding hydrogens is 456 g/mol. The Morgan fingerprint density at radius 2 is 1.85 bits per heavy atom. The first-order valence-corrected chi connectivity index (χ1v) is 11.3. The first-order chi connectivity index (χ1) is 16.2. The summed E-state index contributed by atoms with van der Waals surface area (Å²) < 4.78 is 11.8. The van der Waals surface area contributed by atoms with Crippen LogP contribution >= 0.6 is 11.3 Å². The van der Waals surface area contributed by atoms with Crippen LogP contribution in [0.2, 0.25) is 0 Å². The zero-order valence-corrected chi connectivity index (χ0v) is 20.0. The molecule has 0 aliphatic heterocycles. The Bertz CT molecular complexity index is 1340. The minimum atomic E-state index is -1.16. The van der Waals surface area contributed by atoms with Gasteiger partial charge in [0.1, 0.15) is 11.4 Å². The third kappa shape index (κ3) is 4.86. The van der Waals surface area contributed by atoms with Gasteiger partial charge in [0.2, 0.25) is 0 Å². The molecular formula is C24H24N4O5S. The molecule has 0 spiro atoms. The normalized spacial score (nSPS) is 11.4. The van der Waals surface area contributed by atoms with Crippen molar-refractivity contribution in [2.45, 2.75) is 32.9 Å². The van der Waals surface area contributed by atoms with E-state index in [1.165, 1.54) is 22.4 Å². The van der Waals surface area contributed by atoms with Gasteiger partial charge in [-0.2, -0.15) is 9.78 Å². The zero-order chi connectivity index (χ0) is 24.5. The summed E-state index contributed by atoms with van der Waals surface area (Å²) in [5.74, 6) is 0.721. The lowest BCUT2D eigenvalue weighted by atomic mass is 10.1. The number of carbonyl (C=O) groups excluding carboxylic acids is 1. The summed E-state index contributed by atoms with van der Waals surface area (Å²) >= 11 is 1.31. The van der Waals surface area contributed by atoms with Crippen molar-refractivity contribution in [2.24, 2.45) is 0 Å². The fourth-order valence-corrected chi connectivity index (χ4v) is 4.32. The second-order valence-electron chi connectivity index (χ2n) is 8.50. The van der Waals surface area contributed by atoms with Crippen molar-refractivity contribution in [2.75, 3.05) is 12.0 Å². The minimum absolute atomic E-state index is 0.257. The van der Waals surface area contributed by atoms with Crippen LogP contribution in [0.1, 0.15) is 26.3 Å². The van der Waals surface area contributed by atoms with Crippen LogP contribution in [0.5, 0.6) is 5.75 Å². The van der Waals surface area contributed by atoms with Gasteiger partial charge in [-0.15, -0.1) is 0 Å². The molecule has 4 rings (SSSR count). The van der Waals surface area contributed by atoms with Gasteiger partial charge in [0.05, 0.1) is 30.2 Å². The molecule has 0 atom stereocenters. The average molecular weight is 481 g/mol. The molecule has 176 valence electrons. The number of aromatic nitrogens is 3. The number of carbonyl (C=O) groups is 2. The van der Waals surface area contributed by atoms with E-state index in [0.717, 1.165) is 26.4 Å². The number of anilines is 1. The number of ether oxygens (including phenoxy) is 2. The maximum atomic E-state index is 13.1. The third-order valence-electron chi connectivity index (χ3n) is 4.90. The molecule has 0 bridgehead atoms. The Hall–Kier alpha value is -3.92. The highest BCUT2D eigenvalue weighted by Gasteiger charge is 2.26. The fraction of sp³-hybridized carbons (Fsp3) is 0.250. The van der Waals surface area contributed by atoms with Crippen LogP contribution in [0.15, 0.2) is 54.9 Å². The van der Waals surface area contributed by atoms with E-state index >= 15 is 0 Å². The monoisotopic (exact) mass is 480 g/mol. The molecule has 2 heterocycles. The van der Waals surface area contributed by atoms with Gasteiger partial charge in [-0.05, 0) is 44.5 Å². The van der Waals surface area contributed by atoms with Crippen molar-refractivity contribution in [3.63, 3.8) is 0 Å². The SMILES string of the molecule is COc1ccc(CN(C(=O)OC(C)(C)C)c2ncc(-c3cccc4c3cnn4C(=O)O)s2)cc1. The minimum Gasteiger partial charge on any atom is -0.497 e. The van der Waals surface area contributed by atoms with E-state index in [1.54, 1.807) is 25.4 Å². The van der Waals surface area contributed by atoms with Crippen molar-refractivity contribution in [3.05, 3.63) is 60.4 Å². The average Bonchev–Trinajstić information content (AvgIpc) is 3.44. The molecule has 0 unspecified atom stereocenters. The largest absolute Gasteiger partial charge is 0.497 e. The molecule has 0 saturated carbocycles. The topological polar surface area (TPSA) is 107 Å². The summed E-state index contributed by atoms with van der Waals surface area (Å²) in [6.45, 7) is 5.69. The Labute approximate surface area is 200 Å². The van der Waals surface area contributed by atoms with Crippen LogP contribution in [0.4, 0.5) is 14.7 Å². The van der Waals surface area contributed by atoms with Crippen LogP contribution in [0.3, 0.4) is 0 Å². The Balaban J connectivity index is 1.70. The number of rotatable bonds is 5. The van der Waals surface area contributed by atoms with Gasteiger partial charge < -0.3 is 14.6 Å². The van der Waals surface area contributed by atoms with Gasteiger partial charge in [0.15, 0.2) is 5.13 Å². The molecule has 0 fully saturated rings. The number of methoxy groups -OCH3 is 1. The predicted molar refractivity (Wildman–Crippen MR) is 130 cm³/mol. The molecule has 4 aromatic rings. The van der Waals surface area contributed by atoms with E-state index < -0.39 is 17.8 Å². The number of carboxylic acid groups (broad SMARTS) is 1. The summed E-state index contributed by atoms with van der Waals surface area (Å²) in [4.78, 5) is 31.3. The number of thiazole rings is 1. The molecule has 1 amide bonds. The number of nitrogens with zero attached hydrogens (tertiary/aromatic N) is 4. The van der Waals surface area contributed by atoms with Gasteiger partial charge in [-0.3, -0.25) is 0 Å². The van der Waals surface area contributed by atoms with Crippen molar-refractivity contribution < 1.29 is 24.2 Å². The van der Waals surface area contributed by atoms with E-state index in [4.69, 9.17) is 9.47 Å². The van der Waals surface area contributed by atoms with Gasteiger partial charge >= 0.3 is 12.2 Å². The molecule has 10 heteroatoms. The second-order valence-corrected chi connectivity index (χ2v) is 9.51. The number of hydrogen-bond donors (Lipinski definition) is 1. The molecule has 0 radical (unpaired) electrons. The van der Waals surface area contributed by atoms with Crippen LogP contribution in [-0.2, 0) is 11.3 Å². The van der Waals surface area contributed by atoms with E-state index in [9.17, 15) is 14.7 Å². The molecule has 2 aromatic carbocycles. The maximum Gasteiger partial charge on any atom is 0.432 e. The third-order valence-corrected chi connectivity index (χ3v) is 5.95. The highest BCUT2D eigenvalue weighted by molar-refractivity contribution is 7.19. The zero-order valence-electron chi connectivity index (χ0n) is 19.2. The second kappa shape index (κ2) is 9.14. The van der Waals surface area contributed by atoms with Gasteiger partial charge in [-0.1, -0.05) is 35.6 Å².